The summed E-state index contributed by atoms with van der Waals surface area (Å²) in [7, 11) is 0. The van der Waals surface area contributed by atoms with Gasteiger partial charge in [0.1, 0.15) is 30.2 Å². The van der Waals surface area contributed by atoms with Gasteiger partial charge in [-0.15, -0.1) is 0 Å². The van der Waals surface area contributed by atoms with E-state index < -0.39 is 57.8 Å². The van der Waals surface area contributed by atoms with Crippen LogP contribution in [0.5, 0.6) is 11.9 Å². The molecule has 5 heterocycles. The van der Waals surface area contributed by atoms with Crippen LogP contribution in [0.2, 0.25) is 0 Å². The summed E-state index contributed by atoms with van der Waals surface area (Å²) in [5, 5.41) is 2.89. The minimum atomic E-state index is -5.04. The summed E-state index contributed by atoms with van der Waals surface area (Å²) in [4.78, 5) is 14.6. The first kappa shape index (κ1) is 30.2. The maximum atomic E-state index is 16.7. The molecule has 0 radical (unpaired) electrons. The average Bonchev–Trinajstić information content (AvgIpc) is 3.70. The highest BCUT2D eigenvalue weighted by Gasteiger charge is 2.49. The highest BCUT2D eigenvalue weighted by atomic mass is 32.1. The number of aromatic nitrogens is 3. The molecular formula is C30H30F6N6O2S. The van der Waals surface area contributed by atoms with Crippen LogP contribution in [0.4, 0.5) is 31.5 Å². The summed E-state index contributed by atoms with van der Waals surface area (Å²) >= 11 is 0.744. The van der Waals surface area contributed by atoms with Crippen LogP contribution in [0.15, 0.2) is 18.2 Å². The number of anilines is 1. The summed E-state index contributed by atoms with van der Waals surface area (Å²) in [6.07, 6.45) is -4.23. The van der Waals surface area contributed by atoms with Crippen molar-refractivity contribution in [2.75, 3.05) is 32.0 Å². The van der Waals surface area contributed by atoms with Crippen molar-refractivity contribution in [1.82, 2.24) is 25.2 Å². The number of benzene rings is 2. The van der Waals surface area contributed by atoms with Gasteiger partial charge in [-0.1, -0.05) is 11.3 Å². The quantitative estimate of drug-likeness (QED) is 0.236. The largest absolute Gasteiger partial charge is 0.472 e. The number of rotatable bonds is 6. The Morgan fingerprint density at radius 2 is 1.96 bits per heavy atom. The number of thiazole rings is 1. The van der Waals surface area contributed by atoms with Crippen molar-refractivity contribution in [1.29, 1.82) is 0 Å². The molecule has 8 nitrogen and oxygen atoms in total. The molecule has 0 amide bonds. The Balaban J connectivity index is 1.42. The molecule has 2 aromatic carbocycles. The van der Waals surface area contributed by atoms with Crippen molar-refractivity contribution in [2.24, 2.45) is 0 Å². The number of nitrogen functional groups attached to an aromatic ring is 1. The van der Waals surface area contributed by atoms with Crippen LogP contribution in [0.1, 0.15) is 45.1 Å². The number of halogens is 6. The summed E-state index contributed by atoms with van der Waals surface area (Å²) < 4.78 is 102. The number of hydrogen-bond donors (Lipinski definition) is 2. The maximum absolute atomic E-state index is 16.7. The number of nitrogens with zero attached hydrogens (tertiary/aromatic N) is 4. The van der Waals surface area contributed by atoms with Gasteiger partial charge in [-0.25, -0.2) is 18.2 Å². The van der Waals surface area contributed by atoms with Crippen molar-refractivity contribution in [3.8, 4) is 23.0 Å². The Hall–Kier alpha value is -3.43. The van der Waals surface area contributed by atoms with E-state index in [0.29, 0.717) is 25.9 Å². The van der Waals surface area contributed by atoms with Gasteiger partial charge in [-0.2, -0.15) is 23.1 Å². The first-order valence-corrected chi connectivity index (χ1v) is 15.5. The van der Waals surface area contributed by atoms with Crippen molar-refractivity contribution < 1.29 is 35.8 Å². The highest BCUT2D eigenvalue weighted by Crippen LogP contribution is 2.46. The van der Waals surface area contributed by atoms with E-state index in [0.717, 1.165) is 36.0 Å². The third-order valence-corrected chi connectivity index (χ3v) is 10.1. The molecule has 0 aliphatic carbocycles. The van der Waals surface area contributed by atoms with Crippen LogP contribution in [0, 0.1) is 11.6 Å². The molecule has 0 unspecified atom stereocenters. The Labute approximate surface area is 257 Å². The number of hydrogen-bond acceptors (Lipinski definition) is 9. The lowest BCUT2D eigenvalue weighted by Crippen LogP contribution is -2.44. The van der Waals surface area contributed by atoms with Crippen LogP contribution in [0.25, 0.3) is 32.2 Å². The Bertz CT molecular complexity index is 1820. The van der Waals surface area contributed by atoms with E-state index in [9.17, 15) is 22.0 Å². The molecule has 3 aliphatic heterocycles. The Morgan fingerprint density at radius 1 is 1.16 bits per heavy atom. The van der Waals surface area contributed by atoms with Gasteiger partial charge in [0, 0.05) is 29.6 Å². The molecule has 3 fully saturated rings. The summed E-state index contributed by atoms with van der Waals surface area (Å²) in [6, 6.07) is 2.43. The Kier molecular flexibility index (Phi) is 7.09. The second-order valence-corrected chi connectivity index (χ2v) is 13.6. The van der Waals surface area contributed by atoms with Crippen LogP contribution < -0.4 is 20.5 Å². The molecule has 0 saturated carbocycles. The van der Waals surface area contributed by atoms with E-state index in [-0.39, 0.29) is 57.8 Å². The molecular weight excluding hydrogens is 622 g/mol. The maximum Gasteiger partial charge on any atom is 0.417 e. The first-order chi connectivity index (χ1) is 21.3. The normalized spacial score (nSPS) is 25.0. The number of nitrogens with one attached hydrogen (secondary N) is 1. The summed E-state index contributed by atoms with van der Waals surface area (Å²) in [6.45, 7) is 5.37. The fourth-order valence-corrected chi connectivity index (χ4v) is 7.77. The molecule has 0 spiro atoms. The molecule has 0 bridgehead atoms. The first-order valence-electron chi connectivity index (χ1n) is 14.7. The smallest absolute Gasteiger partial charge is 0.417 e. The van der Waals surface area contributed by atoms with E-state index in [4.69, 9.17) is 15.2 Å². The molecule has 3 N–H and O–H groups in total. The van der Waals surface area contributed by atoms with Gasteiger partial charge in [0.05, 0.1) is 26.7 Å². The predicted octanol–water partition coefficient (Wildman–Crippen LogP) is 6.26. The van der Waals surface area contributed by atoms with Gasteiger partial charge < -0.3 is 20.5 Å². The van der Waals surface area contributed by atoms with Crippen LogP contribution in [-0.4, -0.2) is 69.4 Å². The monoisotopic (exact) mass is 652 g/mol. The van der Waals surface area contributed by atoms with Crippen molar-refractivity contribution in [3.63, 3.8) is 0 Å². The Morgan fingerprint density at radius 3 is 2.69 bits per heavy atom. The number of nitrogens with two attached hydrogens (primary N) is 1. The molecule has 3 atom stereocenters. The van der Waals surface area contributed by atoms with E-state index in [2.05, 4.69) is 20.3 Å². The van der Waals surface area contributed by atoms with Crippen molar-refractivity contribution >= 4 is 37.6 Å². The zero-order chi connectivity index (χ0) is 31.9. The van der Waals surface area contributed by atoms with Crippen molar-refractivity contribution in [3.05, 3.63) is 35.4 Å². The van der Waals surface area contributed by atoms with Gasteiger partial charge >= 0.3 is 12.2 Å². The summed E-state index contributed by atoms with van der Waals surface area (Å²) in [5.41, 5.74) is 1.46. The van der Waals surface area contributed by atoms with Gasteiger partial charge in [0.2, 0.25) is 5.88 Å². The fourth-order valence-electron chi connectivity index (χ4n) is 7.00. The predicted molar refractivity (Wildman–Crippen MR) is 157 cm³/mol. The van der Waals surface area contributed by atoms with Gasteiger partial charge in [-0.3, -0.25) is 4.90 Å². The fraction of sp³-hybridized carbons (Fsp3) is 0.500. The van der Waals surface area contributed by atoms with Crippen molar-refractivity contribution in [2.45, 2.75) is 69.1 Å². The SMILES string of the molecule is CC1(C)NCC[C@H]1Oc1nc(OC[C@@]23CCCN2C[C@H](F)C3)nc2c(F)c(-c3ccc(F)c4sc(N)nc34)c(C(F)(F)F)cc12. The zero-order valence-corrected chi connectivity index (χ0v) is 25.2. The molecule has 7 rings (SSSR count). The lowest BCUT2D eigenvalue weighted by molar-refractivity contribution is -0.137. The third-order valence-electron chi connectivity index (χ3n) is 9.24. The minimum absolute atomic E-state index is 0.0145. The zero-order valence-electron chi connectivity index (χ0n) is 24.4. The van der Waals surface area contributed by atoms with E-state index in [1.54, 1.807) is 0 Å². The van der Waals surface area contributed by atoms with Gasteiger partial charge in [0.15, 0.2) is 10.9 Å². The van der Waals surface area contributed by atoms with Crippen LogP contribution in [-0.2, 0) is 6.18 Å². The lowest BCUT2D eigenvalue weighted by atomic mass is 9.95. The van der Waals surface area contributed by atoms with E-state index in [1.165, 1.54) is 0 Å². The third kappa shape index (κ3) is 5.12. The molecule has 45 heavy (non-hydrogen) atoms. The minimum Gasteiger partial charge on any atom is -0.472 e. The second-order valence-electron chi connectivity index (χ2n) is 12.6. The van der Waals surface area contributed by atoms with E-state index >= 15 is 4.39 Å². The van der Waals surface area contributed by atoms with Crippen LogP contribution >= 0.6 is 11.3 Å². The standard InChI is InChI=1S/C30H30F6N6O2S/c1-28(2)19(6-8-38-28)44-25-16-10-17(30(34,35)36)20(15-4-5-18(32)24-23(15)39-26(37)45-24)21(33)22(16)40-27(41-25)43-13-29-7-3-9-42(29)12-14(31)11-29/h4-5,10,14,19,38H,3,6-9,11-13H2,1-2H3,(H2,37,39)/t14-,19-,29+/m1/s1. The van der Waals surface area contributed by atoms with E-state index in [1.807, 2.05) is 18.7 Å². The second kappa shape index (κ2) is 10.6. The number of fused-ring (bicyclic) bond motifs is 3. The lowest BCUT2D eigenvalue weighted by Gasteiger charge is -2.31. The van der Waals surface area contributed by atoms with Gasteiger partial charge in [0.25, 0.3) is 0 Å². The van der Waals surface area contributed by atoms with Gasteiger partial charge in [-0.05, 0) is 64.4 Å². The molecule has 240 valence electrons. The van der Waals surface area contributed by atoms with Crippen LogP contribution in [0.3, 0.4) is 0 Å². The highest BCUT2D eigenvalue weighted by molar-refractivity contribution is 7.22. The molecule has 2 aromatic heterocycles. The molecule has 15 heteroatoms. The topological polar surface area (TPSA) is 98.4 Å². The average molecular weight is 653 g/mol. The number of alkyl halides is 4. The number of ether oxygens (including phenoxy) is 2. The summed E-state index contributed by atoms with van der Waals surface area (Å²) in [5.74, 6) is -2.35. The molecule has 3 aliphatic rings. The molecule has 4 aromatic rings. The molecule has 3 saturated heterocycles.